The largest absolute Gasteiger partial charge is 0.394 e. The van der Waals surface area contributed by atoms with Crippen molar-refractivity contribution < 1.29 is 20.1 Å². The molecular formula is C15H31NO4. The summed E-state index contributed by atoms with van der Waals surface area (Å²) in [6.45, 7) is 10.7. The van der Waals surface area contributed by atoms with Gasteiger partial charge >= 0.3 is 0 Å². The molecule has 0 fully saturated rings. The number of hydrogen-bond acceptors (Lipinski definition) is 4. The molecule has 0 aromatic carbocycles. The molecule has 1 unspecified atom stereocenters. The summed E-state index contributed by atoms with van der Waals surface area (Å²) in [4.78, 5) is 12.5. The molecule has 5 nitrogen and oxygen atoms in total. The Balaban J connectivity index is 5.16. The van der Waals surface area contributed by atoms with Crippen LogP contribution in [0.2, 0.25) is 0 Å². The number of rotatable bonds is 6. The third kappa shape index (κ3) is 5.77. The summed E-state index contributed by atoms with van der Waals surface area (Å²) in [6, 6.07) is 0. The summed E-state index contributed by atoms with van der Waals surface area (Å²) >= 11 is 0. The lowest BCUT2D eigenvalue weighted by Crippen LogP contribution is -2.59. The maximum atomic E-state index is 12.5. The van der Waals surface area contributed by atoms with Crippen molar-refractivity contribution >= 4 is 5.91 Å². The molecule has 4 N–H and O–H groups in total. The van der Waals surface area contributed by atoms with E-state index in [1.807, 2.05) is 20.8 Å². The van der Waals surface area contributed by atoms with Gasteiger partial charge in [0.1, 0.15) is 5.54 Å². The Morgan fingerprint density at radius 3 is 1.60 bits per heavy atom. The van der Waals surface area contributed by atoms with E-state index in [2.05, 4.69) is 26.1 Å². The Labute approximate surface area is 122 Å². The Kier molecular flexibility index (Phi) is 6.65. The maximum absolute atomic E-state index is 12.5. The van der Waals surface area contributed by atoms with Crippen LogP contribution in [0.1, 0.15) is 48.0 Å². The fourth-order valence-corrected chi connectivity index (χ4v) is 2.02. The average molecular weight is 289 g/mol. The van der Waals surface area contributed by atoms with Gasteiger partial charge in [0, 0.05) is 5.92 Å². The number of hydrogen-bond donors (Lipinski definition) is 4. The number of amides is 1. The second-order valence-corrected chi connectivity index (χ2v) is 7.93. The lowest BCUT2D eigenvalue weighted by Gasteiger charge is -2.38. The lowest BCUT2D eigenvalue weighted by atomic mass is 9.71. The molecule has 0 aliphatic heterocycles. The highest BCUT2D eigenvalue weighted by Gasteiger charge is 2.38. The molecule has 0 aromatic heterocycles. The Bertz CT molecular complexity index is 303. The first-order valence-corrected chi connectivity index (χ1v) is 7.05. The zero-order valence-corrected chi connectivity index (χ0v) is 13.7. The van der Waals surface area contributed by atoms with Crippen molar-refractivity contribution in [2.24, 2.45) is 16.7 Å². The smallest absolute Gasteiger partial charge is 0.224 e. The van der Waals surface area contributed by atoms with Crippen molar-refractivity contribution in [3.8, 4) is 0 Å². The van der Waals surface area contributed by atoms with E-state index in [0.717, 1.165) is 0 Å². The molecule has 0 aliphatic carbocycles. The SMILES string of the molecule is CC(C)(C)CC(C(=O)NC(CO)(CO)CO)C(C)(C)C. The molecule has 0 heterocycles. The Morgan fingerprint density at radius 1 is 0.950 bits per heavy atom. The Hall–Kier alpha value is -0.650. The van der Waals surface area contributed by atoms with Crippen LogP contribution in [0, 0.1) is 16.7 Å². The van der Waals surface area contributed by atoms with Crippen LogP contribution in [0.15, 0.2) is 0 Å². The van der Waals surface area contributed by atoms with Gasteiger partial charge in [-0.25, -0.2) is 0 Å². The molecule has 1 atom stereocenters. The summed E-state index contributed by atoms with van der Waals surface area (Å²) < 4.78 is 0. The van der Waals surface area contributed by atoms with E-state index in [1.54, 1.807) is 0 Å². The van der Waals surface area contributed by atoms with Gasteiger partial charge in [-0.15, -0.1) is 0 Å². The van der Waals surface area contributed by atoms with Crippen molar-refractivity contribution in [3.05, 3.63) is 0 Å². The molecule has 0 aliphatic rings. The fourth-order valence-electron chi connectivity index (χ4n) is 2.02. The van der Waals surface area contributed by atoms with E-state index in [-0.39, 0.29) is 22.7 Å². The van der Waals surface area contributed by atoms with E-state index in [9.17, 15) is 20.1 Å². The third-order valence-corrected chi connectivity index (χ3v) is 3.47. The van der Waals surface area contributed by atoms with Gasteiger partial charge in [-0.2, -0.15) is 0 Å². The number of carbonyl (C=O) groups excluding carboxylic acids is 1. The predicted molar refractivity (Wildman–Crippen MR) is 79.1 cm³/mol. The third-order valence-electron chi connectivity index (χ3n) is 3.47. The van der Waals surface area contributed by atoms with Crippen LogP contribution in [-0.2, 0) is 4.79 Å². The van der Waals surface area contributed by atoms with E-state index >= 15 is 0 Å². The summed E-state index contributed by atoms with van der Waals surface area (Å²) in [7, 11) is 0. The van der Waals surface area contributed by atoms with Crippen molar-refractivity contribution in [2.75, 3.05) is 19.8 Å². The van der Waals surface area contributed by atoms with Gasteiger partial charge in [0.25, 0.3) is 0 Å². The minimum atomic E-state index is -1.36. The normalized spacial score (nSPS) is 15.1. The van der Waals surface area contributed by atoms with E-state index < -0.39 is 25.4 Å². The molecule has 0 radical (unpaired) electrons. The van der Waals surface area contributed by atoms with Crippen molar-refractivity contribution in [3.63, 3.8) is 0 Å². The molecular weight excluding hydrogens is 258 g/mol. The first-order chi connectivity index (χ1) is 8.90. The molecule has 0 aromatic rings. The lowest BCUT2D eigenvalue weighted by molar-refractivity contribution is -0.134. The molecule has 0 bridgehead atoms. The zero-order chi connectivity index (χ0) is 16.2. The van der Waals surface area contributed by atoms with Crippen LogP contribution in [0.3, 0.4) is 0 Å². The Morgan fingerprint density at radius 2 is 1.35 bits per heavy atom. The molecule has 120 valence electrons. The highest BCUT2D eigenvalue weighted by Crippen LogP contribution is 2.36. The average Bonchev–Trinajstić information content (AvgIpc) is 2.30. The van der Waals surface area contributed by atoms with Gasteiger partial charge < -0.3 is 20.6 Å². The summed E-state index contributed by atoms with van der Waals surface area (Å²) in [5, 5.41) is 30.5. The van der Waals surface area contributed by atoms with Crippen LogP contribution in [0.4, 0.5) is 0 Å². The minimum absolute atomic E-state index is 0.0183. The van der Waals surface area contributed by atoms with Crippen molar-refractivity contribution in [2.45, 2.75) is 53.5 Å². The standard InChI is InChI=1S/C15H31NO4/c1-13(2,3)7-11(14(4,5)6)12(20)16-15(8-17,9-18)10-19/h11,17-19H,7-10H2,1-6H3,(H,16,20). The number of carbonyl (C=O) groups is 1. The molecule has 20 heavy (non-hydrogen) atoms. The zero-order valence-electron chi connectivity index (χ0n) is 13.7. The van der Waals surface area contributed by atoms with Crippen LogP contribution in [0.5, 0.6) is 0 Å². The highest BCUT2D eigenvalue weighted by atomic mass is 16.3. The second-order valence-electron chi connectivity index (χ2n) is 7.93. The monoisotopic (exact) mass is 289 g/mol. The second kappa shape index (κ2) is 6.87. The van der Waals surface area contributed by atoms with Crippen LogP contribution >= 0.6 is 0 Å². The first kappa shape index (κ1) is 19.4. The van der Waals surface area contributed by atoms with Crippen LogP contribution in [0.25, 0.3) is 0 Å². The number of nitrogens with one attached hydrogen (secondary N) is 1. The molecule has 0 saturated heterocycles. The molecule has 0 saturated carbocycles. The van der Waals surface area contributed by atoms with E-state index in [4.69, 9.17) is 0 Å². The van der Waals surface area contributed by atoms with E-state index in [1.165, 1.54) is 0 Å². The molecule has 5 heteroatoms. The molecule has 1 amide bonds. The van der Waals surface area contributed by atoms with Gasteiger partial charge in [-0.05, 0) is 17.3 Å². The van der Waals surface area contributed by atoms with Crippen molar-refractivity contribution in [1.82, 2.24) is 5.32 Å². The number of aliphatic hydroxyl groups excluding tert-OH is 3. The minimum Gasteiger partial charge on any atom is -0.394 e. The maximum Gasteiger partial charge on any atom is 0.224 e. The van der Waals surface area contributed by atoms with Crippen LogP contribution < -0.4 is 5.32 Å². The van der Waals surface area contributed by atoms with Gasteiger partial charge in [-0.3, -0.25) is 4.79 Å². The first-order valence-electron chi connectivity index (χ1n) is 7.05. The molecule has 0 rings (SSSR count). The summed E-state index contributed by atoms with van der Waals surface area (Å²) in [5.74, 6) is -0.517. The summed E-state index contributed by atoms with van der Waals surface area (Å²) in [6.07, 6.45) is 0.681. The topological polar surface area (TPSA) is 89.8 Å². The van der Waals surface area contributed by atoms with Gasteiger partial charge in [0.2, 0.25) is 5.91 Å². The quantitative estimate of drug-likeness (QED) is 0.585. The molecule has 0 spiro atoms. The van der Waals surface area contributed by atoms with E-state index in [0.29, 0.717) is 6.42 Å². The summed E-state index contributed by atoms with van der Waals surface area (Å²) in [5.41, 5.74) is -1.63. The van der Waals surface area contributed by atoms with Gasteiger partial charge in [-0.1, -0.05) is 41.5 Å². The van der Waals surface area contributed by atoms with Crippen LogP contribution in [-0.4, -0.2) is 46.6 Å². The van der Waals surface area contributed by atoms with Gasteiger partial charge in [0.15, 0.2) is 0 Å². The predicted octanol–water partition coefficient (Wildman–Crippen LogP) is 0.917. The van der Waals surface area contributed by atoms with Crippen molar-refractivity contribution in [1.29, 1.82) is 0 Å². The fraction of sp³-hybridized carbons (Fsp3) is 0.933. The highest BCUT2D eigenvalue weighted by molar-refractivity contribution is 5.80. The van der Waals surface area contributed by atoms with Gasteiger partial charge in [0.05, 0.1) is 19.8 Å². The number of aliphatic hydroxyl groups is 3.